The number of benzene rings is 1. The van der Waals surface area contributed by atoms with Crippen LogP contribution in [0.15, 0.2) is 35.1 Å². The third-order valence-corrected chi connectivity index (χ3v) is 2.14. The second-order valence-electron chi connectivity index (χ2n) is 2.95. The van der Waals surface area contributed by atoms with Gasteiger partial charge in [-0.3, -0.25) is 4.79 Å². The Hall–Kier alpha value is -1.97. The maximum Gasteiger partial charge on any atom is 0.279 e. The van der Waals surface area contributed by atoms with Crippen molar-refractivity contribution in [2.45, 2.75) is 0 Å². The summed E-state index contributed by atoms with van der Waals surface area (Å²) in [6.07, 6.45) is 0. The lowest BCUT2D eigenvalue weighted by Crippen LogP contribution is -2.28. The maximum atomic E-state index is 11.7. The summed E-state index contributed by atoms with van der Waals surface area (Å²) < 4.78 is 5.97. The van der Waals surface area contributed by atoms with Gasteiger partial charge in [-0.1, -0.05) is 18.2 Å². The number of hydrogen-bond donors (Lipinski definition) is 1. The highest BCUT2D eigenvalue weighted by Gasteiger charge is 2.05. The number of hydrogen-bond acceptors (Lipinski definition) is 3. The largest absolute Gasteiger partial charge is 0.481 e. The highest BCUT2D eigenvalue weighted by Crippen LogP contribution is 2.14. The number of fused-ring (bicyclic) bond motifs is 1. The second kappa shape index (κ2) is 3.06. The van der Waals surface area contributed by atoms with Gasteiger partial charge in [0, 0.05) is 11.5 Å². The summed E-state index contributed by atoms with van der Waals surface area (Å²) in [4.78, 5) is 11.7. The summed E-state index contributed by atoms with van der Waals surface area (Å²) in [6, 6.07) is 8.98. The van der Waals surface area contributed by atoms with Crippen LogP contribution >= 0.6 is 0 Å². The highest BCUT2D eigenvalue weighted by molar-refractivity contribution is 5.82. The molecule has 2 rings (SSSR count). The highest BCUT2D eigenvalue weighted by atomic mass is 16.5. The fourth-order valence-electron chi connectivity index (χ4n) is 1.41. The summed E-state index contributed by atoms with van der Waals surface area (Å²) in [7, 11) is 1.48. The SMILES string of the molecule is COc1cc2ccccc2c(=O)n1N. The predicted octanol–water partition coefficient (Wildman–Crippen LogP) is 0.724. The zero-order chi connectivity index (χ0) is 10.1. The lowest BCUT2D eigenvalue weighted by Gasteiger charge is -2.07. The van der Waals surface area contributed by atoms with Crippen molar-refractivity contribution in [3.8, 4) is 5.88 Å². The number of ether oxygens (including phenoxy) is 1. The molecule has 0 atom stereocenters. The Morgan fingerprint density at radius 2 is 2.07 bits per heavy atom. The molecular formula is C10H10N2O2. The molecule has 1 heterocycles. The van der Waals surface area contributed by atoms with Gasteiger partial charge in [0.2, 0.25) is 5.88 Å². The van der Waals surface area contributed by atoms with Crippen molar-refractivity contribution < 1.29 is 4.74 Å². The van der Waals surface area contributed by atoms with Gasteiger partial charge in [-0.05, 0) is 11.5 Å². The van der Waals surface area contributed by atoms with Crippen LogP contribution in [0.1, 0.15) is 0 Å². The molecule has 72 valence electrons. The van der Waals surface area contributed by atoms with Crippen molar-refractivity contribution >= 4 is 10.8 Å². The summed E-state index contributed by atoms with van der Waals surface area (Å²) >= 11 is 0. The average Bonchev–Trinajstić information content (AvgIpc) is 2.23. The first-order valence-corrected chi connectivity index (χ1v) is 4.18. The molecule has 0 fully saturated rings. The summed E-state index contributed by atoms with van der Waals surface area (Å²) in [6.45, 7) is 0. The van der Waals surface area contributed by atoms with Gasteiger partial charge in [-0.15, -0.1) is 0 Å². The molecule has 0 aliphatic rings. The molecule has 1 aromatic heterocycles. The van der Waals surface area contributed by atoms with Gasteiger partial charge in [-0.2, -0.15) is 4.68 Å². The topological polar surface area (TPSA) is 57.2 Å². The number of nitrogens with two attached hydrogens (primary N) is 1. The summed E-state index contributed by atoms with van der Waals surface area (Å²) in [5.41, 5.74) is -0.250. The average molecular weight is 190 g/mol. The van der Waals surface area contributed by atoms with Crippen LogP contribution in [0.4, 0.5) is 0 Å². The molecule has 0 bridgehead atoms. The summed E-state index contributed by atoms with van der Waals surface area (Å²) in [5, 5.41) is 1.42. The fraction of sp³-hybridized carbons (Fsp3) is 0.100. The Balaban J connectivity index is 2.92. The number of pyridine rings is 1. The summed E-state index contributed by atoms with van der Waals surface area (Å²) in [5.74, 6) is 5.89. The molecular weight excluding hydrogens is 180 g/mol. The minimum atomic E-state index is -0.250. The third kappa shape index (κ3) is 1.12. The molecule has 4 nitrogen and oxygen atoms in total. The van der Waals surface area contributed by atoms with E-state index in [-0.39, 0.29) is 5.56 Å². The molecule has 0 amide bonds. The Morgan fingerprint density at radius 3 is 2.79 bits per heavy atom. The van der Waals surface area contributed by atoms with Crippen molar-refractivity contribution in [3.63, 3.8) is 0 Å². The zero-order valence-corrected chi connectivity index (χ0v) is 7.73. The van der Waals surface area contributed by atoms with Crippen LogP contribution in [0.2, 0.25) is 0 Å². The van der Waals surface area contributed by atoms with E-state index in [1.165, 1.54) is 7.11 Å². The first kappa shape index (κ1) is 8.62. The van der Waals surface area contributed by atoms with E-state index >= 15 is 0 Å². The van der Waals surface area contributed by atoms with Crippen LogP contribution in [0, 0.1) is 0 Å². The predicted molar refractivity (Wildman–Crippen MR) is 54.9 cm³/mol. The number of methoxy groups -OCH3 is 1. The molecule has 14 heavy (non-hydrogen) atoms. The van der Waals surface area contributed by atoms with Crippen molar-refractivity contribution in [1.82, 2.24) is 4.68 Å². The zero-order valence-electron chi connectivity index (χ0n) is 7.73. The van der Waals surface area contributed by atoms with Gasteiger partial charge in [0.25, 0.3) is 5.56 Å². The quantitative estimate of drug-likeness (QED) is 0.674. The minimum Gasteiger partial charge on any atom is -0.481 e. The fourth-order valence-corrected chi connectivity index (χ4v) is 1.41. The van der Waals surface area contributed by atoms with E-state index < -0.39 is 0 Å². The maximum absolute atomic E-state index is 11.7. The van der Waals surface area contributed by atoms with Crippen LogP contribution in [0.5, 0.6) is 5.88 Å². The second-order valence-corrected chi connectivity index (χ2v) is 2.95. The van der Waals surface area contributed by atoms with Crippen molar-refractivity contribution in [2.24, 2.45) is 0 Å². The van der Waals surface area contributed by atoms with E-state index in [0.717, 1.165) is 10.1 Å². The van der Waals surface area contributed by atoms with E-state index in [0.29, 0.717) is 11.3 Å². The molecule has 0 saturated heterocycles. The molecule has 0 radical (unpaired) electrons. The van der Waals surface area contributed by atoms with Crippen LogP contribution in [0.3, 0.4) is 0 Å². The van der Waals surface area contributed by atoms with E-state index in [9.17, 15) is 4.79 Å². The van der Waals surface area contributed by atoms with Crippen LogP contribution in [-0.2, 0) is 0 Å². The Bertz CT molecular complexity index is 531. The van der Waals surface area contributed by atoms with E-state index in [4.69, 9.17) is 10.6 Å². The van der Waals surface area contributed by atoms with Crippen molar-refractivity contribution in [1.29, 1.82) is 0 Å². The van der Waals surface area contributed by atoms with Gasteiger partial charge in [-0.25, -0.2) is 0 Å². The van der Waals surface area contributed by atoms with Gasteiger partial charge in [0.15, 0.2) is 0 Å². The molecule has 0 aliphatic carbocycles. The standard InChI is InChI=1S/C10H10N2O2/c1-14-9-6-7-4-2-3-5-8(7)10(13)12(9)11/h2-6H,11H2,1H3. The van der Waals surface area contributed by atoms with Crippen LogP contribution in [-0.4, -0.2) is 11.8 Å². The Morgan fingerprint density at radius 1 is 1.36 bits per heavy atom. The first-order chi connectivity index (χ1) is 6.74. The molecule has 0 saturated carbocycles. The molecule has 2 aromatic rings. The van der Waals surface area contributed by atoms with Crippen molar-refractivity contribution in [2.75, 3.05) is 13.0 Å². The Kier molecular flexibility index (Phi) is 1.89. The van der Waals surface area contributed by atoms with E-state index in [1.807, 2.05) is 12.1 Å². The van der Waals surface area contributed by atoms with Crippen LogP contribution < -0.4 is 16.1 Å². The smallest absolute Gasteiger partial charge is 0.279 e. The molecule has 4 heteroatoms. The number of nitrogens with zero attached hydrogens (tertiary/aromatic N) is 1. The molecule has 0 spiro atoms. The van der Waals surface area contributed by atoms with Crippen molar-refractivity contribution in [3.05, 3.63) is 40.7 Å². The van der Waals surface area contributed by atoms with E-state index in [2.05, 4.69) is 0 Å². The van der Waals surface area contributed by atoms with Gasteiger partial charge < -0.3 is 10.6 Å². The molecule has 1 aromatic carbocycles. The molecule has 0 aliphatic heterocycles. The third-order valence-electron chi connectivity index (χ3n) is 2.14. The van der Waals surface area contributed by atoms with Gasteiger partial charge in [0.05, 0.1) is 7.11 Å². The number of rotatable bonds is 1. The van der Waals surface area contributed by atoms with E-state index in [1.54, 1.807) is 18.2 Å². The first-order valence-electron chi connectivity index (χ1n) is 4.18. The number of nitrogen functional groups attached to an aromatic ring is 1. The Labute approximate surface area is 80.5 Å². The molecule has 0 unspecified atom stereocenters. The van der Waals surface area contributed by atoms with Crippen LogP contribution in [0.25, 0.3) is 10.8 Å². The normalized spacial score (nSPS) is 10.4. The minimum absolute atomic E-state index is 0.250. The van der Waals surface area contributed by atoms with Gasteiger partial charge >= 0.3 is 0 Å². The van der Waals surface area contributed by atoms with Gasteiger partial charge in [0.1, 0.15) is 0 Å². The number of aromatic nitrogens is 1. The lowest BCUT2D eigenvalue weighted by atomic mass is 10.2. The molecule has 2 N–H and O–H groups in total. The lowest BCUT2D eigenvalue weighted by molar-refractivity contribution is 0.382. The monoisotopic (exact) mass is 190 g/mol.